The SMILES string of the molecule is N#Cc1ncnc(NC2CCNCC2)n1. The molecule has 1 saturated heterocycles. The van der Waals surface area contributed by atoms with Gasteiger partial charge in [-0.05, 0) is 25.9 Å². The van der Waals surface area contributed by atoms with Crippen LogP contribution in [-0.2, 0) is 0 Å². The Bertz CT molecular complexity index is 365. The third-order valence-electron chi connectivity index (χ3n) is 2.34. The van der Waals surface area contributed by atoms with Gasteiger partial charge in [0, 0.05) is 6.04 Å². The molecule has 15 heavy (non-hydrogen) atoms. The van der Waals surface area contributed by atoms with Gasteiger partial charge in [0.25, 0.3) is 0 Å². The largest absolute Gasteiger partial charge is 0.351 e. The Morgan fingerprint density at radius 2 is 2.20 bits per heavy atom. The summed E-state index contributed by atoms with van der Waals surface area (Å²) in [6.07, 6.45) is 3.45. The van der Waals surface area contributed by atoms with E-state index in [0.717, 1.165) is 25.9 Å². The quantitative estimate of drug-likeness (QED) is 0.700. The monoisotopic (exact) mass is 204 g/mol. The molecule has 0 saturated carbocycles. The third kappa shape index (κ3) is 2.60. The Morgan fingerprint density at radius 3 is 2.93 bits per heavy atom. The lowest BCUT2D eigenvalue weighted by atomic mass is 10.1. The van der Waals surface area contributed by atoms with E-state index in [1.807, 2.05) is 6.07 Å². The van der Waals surface area contributed by atoms with Crippen molar-refractivity contribution < 1.29 is 0 Å². The first-order chi connectivity index (χ1) is 7.38. The molecule has 1 fully saturated rings. The number of hydrogen-bond acceptors (Lipinski definition) is 6. The van der Waals surface area contributed by atoms with Crippen LogP contribution in [0.3, 0.4) is 0 Å². The van der Waals surface area contributed by atoms with Gasteiger partial charge in [-0.2, -0.15) is 10.2 Å². The van der Waals surface area contributed by atoms with Crippen molar-refractivity contribution in [1.82, 2.24) is 20.3 Å². The van der Waals surface area contributed by atoms with Crippen molar-refractivity contribution >= 4 is 5.95 Å². The summed E-state index contributed by atoms with van der Waals surface area (Å²) in [5, 5.41) is 15.1. The fourth-order valence-electron chi connectivity index (χ4n) is 1.57. The Labute approximate surface area is 87.8 Å². The molecule has 0 bridgehead atoms. The van der Waals surface area contributed by atoms with Gasteiger partial charge in [-0.3, -0.25) is 0 Å². The minimum Gasteiger partial charge on any atom is -0.351 e. The molecule has 2 N–H and O–H groups in total. The number of rotatable bonds is 2. The van der Waals surface area contributed by atoms with Gasteiger partial charge in [0.1, 0.15) is 12.4 Å². The number of piperidine rings is 1. The highest BCUT2D eigenvalue weighted by Crippen LogP contribution is 2.08. The lowest BCUT2D eigenvalue weighted by Gasteiger charge is -2.23. The summed E-state index contributed by atoms with van der Waals surface area (Å²) in [6, 6.07) is 2.28. The minimum atomic E-state index is 0.154. The van der Waals surface area contributed by atoms with E-state index in [-0.39, 0.29) is 5.82 Å². The van der Waals surface area contributed by atoms with E-state index in [9.17, 15) is 0 Å². The van der Waals surface area contributed by atoms with Gasteiger partial charge in [-0.25, -0.2) is 9.97 Å². The Kier molecular flexibility index (Phi) is 3.05. The van der Waals surface area contributed by atoms with Crippen LogP contribution >= 0.6 is 0 Å². The maximum absolute atomic E-state index is 8.63. The van der Waals surface area contributed by atoms with E-state index >= 15 is 0 Å². The lowest BCUT2D eigenvalue weighted by molar-refractivity contribution is 0.477. The first kappa shape index (κ1) is 9.80. The second-order valence-electron chi connectivity index (χ2n) is 3.41. The minimum absolute atomic E-state index is 0.154. The van der Waals surface area contributed by atoms with Crippen molar-refractivity contribution in [3.63, 3.8) is 0 Å². The number of nitrogens with zero attached hydrogens (tertiary/aromatic N) is 4. The van der Waals surface area contributed by atoms with Crippen LogP contribution in [0.15, 0.2) is 6.33 Å². The first-order valence-corrected chi connectivity index (χ1v) is 4.95. The second-order valence-corrected chi connectivity index (χ2v) is 3.41. The standard InChI is InChI=1S/C9H12N6/c10-5-8-12-6-13-9(15-8)14-7-1-3-11-4-2-7/h6-7,11H,1-4H2,(H,12,13,14,15). The van der Waals surface area contributed by atoms with Crippen LogP contribution in [0.25, 0.3) is 0 Å². The third-order valence-corrected chi connectivity index (χ3v) is 2.34. The molecule has 2 heterocycles. The normalized spacial score (nSPS) is 17.0. The summed E-state index contributed by atoms with van der Waals surface area (Å²) in [4.78, 5) is 11.7. The number of hydrogen-bond donors (Lipinski definition) is 2. The van der Waals surface area contributed by atoms with Gasteiger partial charge in [0.15, 0.2) is 0 Å². The number of nitriles is 1. The van der Waals surface area contributed by atoms with Crippen molar-refractivity contribution in [3.05, 3.63) is 12.2 Å². The molecule has 0 aromatic carbocycles. The highest BCUT2D eigenvalue weighted by Gasteiger charge is 2.13. The summed E-state index contributed by atoms with van der Waals surface area (Å²) in [6.45, 7) is 2.02. The molecule has 6 heteroatoms. The fourth-order valence-corrected chi connectivity index (χ4v) is 1.57. The van der Waals surface area contributed by atoms with Crippen molar-refractivity contribution in [2.45, 2.75) is 18.9 Å². The van der Waals surface area contributed by atoms with E-state index in [1.165, 1.54) is 6.33 Å². The van der Waals surface area contributed by atoms with Gasteiger partial charge in [0.2, 0.25) is 11.8 Å². The molecule has 2 rings (SSSR count). The smallest absolute Gasteiger partial charge is 0.236 e. The zero-order chi connectivity index (χ0) is 10.5. The van der Waals surface area contributed by atoms with Crippen LogP contribution in [0.4, 0.5) is 5.95 Å². The van der Waals surface area contributed by atoms with Crippen molar-refractivity contribution in [2.75, 3.05) is 18.4 Å². The maximum atomic E-state index is 8.63. The molecule has 0 spiro atoms. The highest BCUT2D eigenvalue weighted by molar-refractivity contribution is 5.27. The second kappa shape index (κ2) is 4.66. The number of nitrogens with one attached hydrogen (secondary N) is 2. The predicted octanol–water partition coefficient (Wildman–Crippen LogP) is -0.0928. The van der Waals surface area contributed by atoms with Crippen LogP contribution in [0.2, 0.25) is 0 Å². The van der Waals surface area contributed by atoms with E-state index in [2.05, 4.69) is 25.6 Å². The van der Waals surface area contributed by atoms with Crippen LogP contribution in [0.5, 0.6) is 0 Å². The molecule has 0 amide bonds. The van der Waals surface area contributed by atoms with Crippen molar-refractivity contribution in [3.8, 4) is 6.07 Å². The maximum Gasteiger partial charge on any atom is 0.236 e. The average Bonchev–Trinajstić information content (AvgIpc) is 2.31. The van der Waals surface area contributed by atoms with Crippen LogP contribution in [0, 0.1) is 11.3 Å². The van der Waals surface area contributed by atoms with Crippen LogP contribution in [0.1, 0.15) is 18.7 Å². The Balaban J connectivity index is 2.00. The zero-order valence-corrected chi connectivity index (χ0v) is 8.27. The summed E-state index contributed by atoms with van der Waals surface area (Å²) in [5.41, 5.74) is 0. The molecule has 1 aromatic heterocycles. The molecular formula is C9H12N6. The summed E-state index contributed by atoms with van der Waals surface area (Å²) in [5.74, 6) is 0.648. The molecule has 1 aliphatic heterocycles. The van der Waals surface area contributed by atoms with E-state index in [0.29, 0.717) is 12.0 Å². The van der Waals surface area contributed by atoms with Crippen molar-refractivity contribution in [2.24, 2.45) is 0 Å². The summed E-state index contributed by atoms with van der Waals surface area (Å²) >= 11 is 0. The van der Waals surface area contributed by atoms with E-state index < -0.39 is 0 Å². The Morgan fingerprint density at radius 1 is 1.40 bits per heavy atom. The van der Waals surface area contributed by atoms with Gasteiger partial charge in [-0.1, -0.05) is 0 Å². The lowest BCUT2D eigenvalue weighted by Crippen LogP contribution is -2.35. The molecule has 6 nitrogen and oxygen atoms in total. The molecule has 0 radical (unpaired) electrons. The molecule has 0 unspecified atom stereocenters. The van der Waals surface area contributed by atoms with Gasteiger partial charge in [-0.15, -0.1) is 0 Å². The van der Waals surface area contributed by atoms with Crippen LogP contribution in [-0.4, -0.2) is 34.1 Å². The van der Waals surface area contributed by atoms with E-state index in [4.69, 9.17) is 5.26 Å². The molecule has 1 aromatic rings. The topological polar surface area (TPSA) is 86.5 Å². The molecule has 0 aliphatic carbocycles. The predicted molar refractivity (Wildman–Crippen MR) is 54.1 cm³/mol. The zero-order valence-electron chi connectivity index (χ0n) is 8.27. The summed E-state index contributed by atoms with van der Waals surface area (Å²) < 4.78 is 0. The highest BCUT2D eigenvalue weighted by atomic mass is 15.2. The van der Waals surface area contributed by atoms with Crippen LogP contribution < -0.4 is 10.6 Å². The van der Waals surface area contributed by atoms with Gasteiger partial charge in [0.05, 0.1) is 0 Å². The number of aromatic nitrogens is 3. The summed E-state index contributed by atoms with van der Waals surface area (Å²) in [7, 11) is 0. The number of anilines is 1. The van der Waals surface area contributed by atoms with E-state index in [1.54, 1.807) is 0 Å². The van der Waals surface area contributed by atoms with Crippen molar-refractivity contribution in [1.29, 1.82) is 5.26 Å². The van der Waals surface area contributed by atoms with Gasteiger partial charge >= 0.3 is 0 Å². The molecule has 0 atom stereocenters. The fraction of sp³-hybridized carbons (Fsp3) is 0.556. The first-order valence-electron chi connectivity index (χ1n) is 4.95. The van der Waals surface area contributed by atoms with Gasteiger partial charge < -0.3 is 10.6 Å². The average molecular weight is 204 g/mol. The molecule has 1 aliphatic rings. The molecular weight excluding hydrogens is 192 g/mol. The molecule has 78 valence electrons. The Hall–Kier alpha value is -1.74.